The van der Waals surface area contributed by atoms with Gasteiger partial charge in [-0.15, -0.1) is 0 Å². The van der Waals surface area contributed by atoms with Crippen molar-refractivity contribution in [3.63, 3.8) is 0 Å². The van der Waals surface area contributed by atoms with Gasteiger partial charge in [0.05, 0.1) is 0 Å². The first-order chi connectivity index (χ1) is 8.09. The fourth-order valence-electron chi connectivity index (χ4n) is 2.07. The van der Waals surface area contributed by atoms with E-state index in [0.29, 0.717) is 0 Å². The van der Waals surface area contributed by atoms with Crippen LogP contribution in [0.3, 0.4) is 0 Å². The lowest BCUT2D eigenvalue weighted by Gasteiger charge is -2.31. The van der Waals surface area contributed by atoms with Crippen molar-refractivity contribution in [3.8, 4) is 0 Å². The Morgan fingerprint density at radius 3 is 2.17 bits per heavy atom. The Labute approximate surface area is 113 Å². The molecule has 0 bridgehead atoms. The molecular weight excluding hydrogens is 218 g/mol. The van der Waals surface area contributed by atoms with Crippen LogP contribution in [-0.4, -0.2) is 12.1 Å². The van der Waals surface area contributed by atoms with Gasteiger partial charge in [0, 0.05) is 12.1 Å². The summed E-state index contributed by atoms with van der Waals surface area (Å²) in [5.41, 5.74) is 4.72. The molecule has 102 valence electrons. The van der Waals surface area contributed by atoms with Crippen LogP contribution in [0, 0.1) is 19.3 Å². The second-order valence-electron chi connectivity index (χ2n) is 7.37. The third kappa shape index (κ3) is 5.22. The topological polar surface area (TPSA) is 12.0 Å². The maximum Gasteiger partial charge on any atom is 0.00967 e. The summed E-state index contributed by atoms with van der Waals surface area (Å²) in [6.45, 7) is 16.8. The van der Waals surface area contributed by atoms with Crippen LogP contribution < -0.4 is 5.32 Å². The molecule has 0 atom stereocenters. The first kappa shape index (κ1) is 15.2. The van der Waals surface area contributed by atoms with Crippen molar-refractivity contribution in [2.24, 2.45) is 5.41 Å². The zero-order valence-electron chi connectivity index (χ0n) is 13.1. The van der Waals surface area contributed by atoms with Crippen molar-refractivity contribution in [1.29, 1.82) is 0 Å². The zero-order chi connectivity index (χ0) is 14.0. The average molecular weight is 247 g/mol. The van der Waals surface area contributed by atoms with Crippen LogP contribution in [0.4, 0.5) is 0 Å². The summed E-state index contributed by atoms with van der Waals surface area (Å²) in [7, 11) is 0. The first-order valence-electron chi connectivity index (χ1n) is 6.90. The molecule has 1 aromatic carbocycles. The SMILES string of the molecule is Cc1ccc(C)c(CC(C)(C)CNC(C)(C)C)c1. The van der Waals surface area contributed by atoms with Crippen LogP contribution in [0.15, 0.2) is 18.2 Å². The van der Waals surface area contributed by atoms with Gasteiger partial charge in [0.1, 0.15) is 0 Å². The van der Waals surface area contributed by atoms with Gasteiger partial charge in [0.25, 0.3) is 0 Å². The molecule has 0 saturated heterocycles. The molecule has 1 heteroatoms. The molecule has 0 saturated carbocycles. The standard InChI is InChI=1S/C17H29N/c1-13-8-9-14(2)15(10-13)11-17(6,7)12-18-16(3,4)5/h8-10,18H,11-12H2,1-7H3. The lowest BCUT2D eigenvalue weighted by atomic mass is 9.83. The number of hydrogen-bond acceptors (Lipinski definition) is 1. The van der Waals surface area contributed by atoms with E-state index >= 15 is 0 Å². The van der Waals surface area contributed by atoms with Crippen molar-refractivity contribution < 1.29 is 0 Å². The highest BCUT2D eigenvalue weighted by Gasteiger charge is 2.22. The number of hydrogen-bond donors (Lipinski definition) is 1. The molecule has 1 aromatic rings. The number of nitrogens with one attached hydrogen (secondary N) is 1. The van der Waals surface area contributed by atoms with E-state index in [2.05, 4.69) is 72.0 Å². The summed E-state index contributed by atoms with van der Waals surface area (Å²) in [6, 6.07) is 6.76. The van der Waals surface area contributed by atoms with Gasteiger partial charge in [-0.05, 0) is 57.6 Å². The molecule has 0 aliphatic heterocycles. The summed E-state index contributed by atoms with van der Waals surface area (Å²) in [6.07, 6.45) is 1.13. The minimum absolute atomic E-state index is 0.193. The van der Waals surface area contributed by atoms with E-state index in [4.69, 9.17) is 0 Å². The van der Waals surface area contributed by atoms with Crippen LogP contribution in [0.1, 0.15) is 51.3 Å². The predicted octanol–water partition coefficient (Wildman–Crippen LogP) is 4.26. The molecule has 0 aliphatic carbocycles. The molecule has 0 spiro atoms. The van der Waals surface area contributed by atoms with Crippen molar-refractivity contribution >= 4 is 0 Å². The average Bonchev–Trinajstić information content (AvgIpc) is 2.20. The Kier molecular flexibility index (Phi) is 4.61. The quantitative estimate of drug-likeness (QED) is 0.838. The summed E-state index contributed by atoms with van der Waals surface area (Å²) in [4.78, 5) is 0. The fourth-order valence-corrected chi connectivity index (χ4v) is 2.07. The molecule has 1 rings (SSSR count). The summed E-state index contributed by atoms with van der Waals surface area (Å²) in [5, 5.41) is 3.62. The normalized spacial score (nSPS) is 12.8. The van der Waals surface area contributed by atoms with Gasteiger partial charge in [-0.2, -0.15) is 0 Å². The highest BCUT2D eigenvalue weighted by atomic mass is 14.9. The highest BCUT2D eigenvalue weighted by Crippen LogP contribution is 2.24. The number of aryl methyl sites for hydroxylation is 2. The molecule has 18 heavy (non-hydrogen) atoms. The van der Waals surface area contributed by atoms with Crippen LogP contribution in [0.25, 0.3) is 0 Å². The third-order valence-corrected chi connectivity index (χ3v) is 3.27. The van der Waals surface area contributed by atoms with Gasteiger partial charge in [0.2, 0.25) is 0 Å². The van der Waals surface area contributed by atoms with E-state index in [1.807, 2.05) is 0 Å². The molecule has 0 radical (unpaired) electrons. The molecule has 0 aliphatic rings. The third-order valence-electron chi connectivity index (χ3n) is 3.27. The summed E-state index contributed by atoms with van der Waals surface area (Å²) in [5.74, 6) is 0. The van der Waals surface area contributed by atoms with Crippen LogP contribution in [0.5, 0.6) is 0 Å². The van der Waals surface area contributed by atoms with E-state index in [1.54, 1.807) is 0 Å². The molecule has 1 N–H and O–H groups in total. The van der Waals surface area contributed by atoms with Gasteiger partial charge < -0.3 is 5.32 Å². The van der Waals surface area contributed by atoms with E-state index in [1.165, 1.54) is 16.7 Å². The number of rotatable bonds is 4. The minimum atomic E-state index is 0.193. The molecule has 0 amide bonds. The van der Waals surface area contributed by atoms with Crippen molar-refractivity contribution in [2.45, 2.75) is 60.4 Å². The van der Waals surface area contributed by atoms with Gasteiger partial charge >= 0.3 is 0 Å². The number of benzene rings is 1. The van der Waals surface area contributed by atoms with E-state index < -0.39 is 0 Å². The molecule has 0 unspecified atom stereocenters. The smallest absolute Gasteiger partial charge is 0.00967 e. The maximum atomic E-state index is 3.62. The predicted molar refractivity (Wildman–Crippen MR) is 81.2 cm³/mol. The minimum Gasteiger partial charge on any atom is -0.312 e. The molecule has 0 heterocycles. The maximum absolute atomic E-state index is 3.62. The van der Waals surface area contributed by atoms with Crippen LogP contribution >= 0.6 is 0 Å². The molecule has 0 aromatic heterocycles. The van der Waals surface area contributed by atoms with Crippen molar-refractivity contribution in [3.05, 3.63) is 34.9 Å². The second-order valence-corrected chi connectivity index (χ2v) is 7.37. The summed E-state index contributed by atoms with van der Waals surface area (Å²) >= 11 is 0. The monoisotopic (exact) mass is 247 g/mol. The Balaban J connectivity index is 2.72. The van der Waals surface area contributed by atoms with Crippen LogP contribution in [-0.2, 0) is 6.42 Å². The van der Waals surface area contributed by atoms with E-state index in [0.717, 1.165) is 13.0 Å². The van der Waals surface area contributed by atoms with Gasteiger partial charge in [-0.3, -0.25) is 0 Å². The Bertz CT molecular complexity index is 397. The Hall–Kier alpha value is -0.820. The van der Waals surface area contributed by atoms with Crippen molar-refractivity contribution in [2.75, 3.05) is 6.54 Å². The van der Waals surface area contributed by atoms with Crippen LogP contribution in [0.2, 0.25) is 0 Å². The highest BCUT2D eigenvalue weighted by molar-refractivity contribution is 5.31. The Morgan fingerprint density at radius 2 is 1.61 bits per heavy atom. The Morgan fingerprint density at radius 1 is 1.00 bits per heavy atom. The second kappa shape index (κ2) is 5.44. The fraction of sp³-hybridized carbons (Fsp3) is 0.647. The zero-order valence-corrected chi connectivity index (χ0v) is 13.1. The molecule has 1 nitrogen and oxygen atoms in total. The molecule has 0 fully saturated rings. The molecular formula is C17H29N. The first-order valence-corrected chi connectivity index (χ1v) is 6.90. The summed E-state index contributed by atoms with van der Waals surface area (Å²) < 4.78 is 0. The van der Waals surface area contributed by atoms with Gasteiger partial charge in [0.15, 0.2) is 0 Å². The van der Waals surface area contributed by atoms with Gasteiger partial charge in [-0.25, -0.2) is 0 Å². The van der Waals surface area contributed by atoms with Crippen molar-refractivity contribution in [1.82, 2.24) is 5.32 Å². The lowest BCUT2D eigenvalue weighted by molar-refractivity contribution is 0.288. The van der Waals surface area contributed by atoms with E-state index in [-0.39, 0.29) is 11.0 Å². The largest absolute Gasteiger partial charge is 0.312 e. The van der Waals surface area contributed by atoms with Gasteiger partial charge in [-0.1, -0.05) is 37.6 Å². The lowest BCUT2D eigenvalue weighted by Crippen LogP contribution is -2.42. The van der Waals surface area contributed by atoms with E-state index in [9.17, 15) is 0 Å².